The molecule has 1 amide bonds. The summed E-state index contributed by atoms with van der Waals surface area (Å²) in [6.07, 6.45) is 83.0. The number of hydrogen-bond acceptors (Lipinski definition) is 8. The zero-order chi connectivity index (χ0) is 62.1. The van der Waals surface area contributed by atoms with Crippen LogP contribution in [-0.4, -0.2) is 87.5 Å². The van der Waals surface area contributed by atoms with Crippen LogP contribution in [0.25, 0.3) is 0 Å². The van der Waals surface area contributed by atoms with E-state index in [1.807, 2.05) is 6.08 Å². The molecular formula is C77H147NO8. The Kier molecular flexibility index (Phi) is 63.6. The van der Waals surface area contributed by atoms with Gasteiger partial charge in [-0.1, -0.05) is 378 Å². The van der Waals surface area contributed by atoms with Crippen molar-refractivity contribution in [3.8, 4) is 0 Å². The predicted molar refractivity (Wildman–Crippen MR) is 369 cm³/mol. The number of ether oxygens (including phenoxy) is 2. The molecule has 0 bridgehead atoms. The summed E-state index contributed by atoms with van der Waals surface area (Å²) < 4.78 is 11.3. The van der Waals surface area contributed by atoms with E-state index >= 15 is 0 Å². The molecule has 7 unspecified atom stereocenters. The molecule has 0 aromatic heterocycles. The molecule has 9 heteroatoms. The van der Waals surface area contributed by atoms with E-state index in [0.29, 0.717) is 6.42 Å². The summed E-state index contributed by atoms with van der Waals surface area (Å²) in [5, 5.41) is 54.8. The molecule has 1 aliphatic rings. The van der Waals surface area contributed by atoms with Crippen molar-refractivity contribution in [3.63, 3.8) is 0 Å². The smallest absolute Gasteiger partial charge is 0.220 e. The van der Waals surface area contributed by atoms with Crippen LogP contribution in [0.1, 0.15) is 393 Å². The van der Waals surface area contributed by atoms with E-state index in [-0.39, 0.29) is 12.5 Å². The molecule has 1 fully saturated rings. The third-order valence-electron chi connectivity index (χ3n) is 18.4. The van der Waals surface area contributed by atoms with Crippen LogP contribution < -0.4 is 5.32 Å². The third-order valence-corrected chi connectivity index (χ3v) is 18.4. The predicted octanol–water partition coefficient (Wildman–Crippen LogP) is 21.4. The first kappa shape index (κ1) is 82.4. The molecule has 0 spiro atoms. The van der Waals surface area contributed by atoms with E-state index in [1.165, 1.54) is 327 Å². The van der Waals surface area contributed by atoms with Gasteiger partial charge in [0.05, 0.1) is 25.4 Å². The molecule has 0 radical (unpaired) electrons. The van der Waals surface area contributed by atoms with Gasteiger partial charge in [0.25, 0.3) is 0 Å². The third kappa shape index (κ3) is 54.2. The van der Waals surface area contributed by atoms with Gasteiger partial charge in [-0.15, -0.1) is 0 Å². The van der Waals surface area contributed by atoms with Crippen molar-refractivity contribution in [2.75, 3.05) is 13.2 Å². The highest BCUT2D eigenvalue weighted by Gasteiger charge is 2.44. The topological polar surface area (TPSA) is 149 Å². The van der Waals surface area contributed by atoms with Crippen molar-refractivity contribution in [2.24, 2.45) is 0 Å². The van der Waals surface area contributed by atoms with Crippen molar-refractivity contribution in [3.05, 3.63) is 36.5 Å². The summed E-state index contributed by atoms with van der Waals surface area (Å²) in [6.45, 7) is 3.82. The lowest BCUT2D eigenvalue weighted by Gasteiger charge is -2.40. The number of carbonyl (C=O) groups is 1. The summed E-state index contributed by atoms with van der Waals surface area (Å²) >= 11 is 0. The first-order valence-corrected chi connectivity index (χ1v) is 38.2. The van der Waals surface area contributed by atoms with Gasteiger partial charge in [0.2, 0.25) is 5.91 Å². The maximum Gasteiger partial charge on any atom is 0.220 e. The summed E-state index contributed by atoms with van der Waals surface area (Å²) in [4.78, 5) is 13.1. The Morgan fingerprint density at radius 3 is 0.977 bits per heavy atom. The summed E-state index contributed by atoms with van der Waals surface area (Å²) in [6, 6.07) is -0.828. The zero-order valence-electron chi connectivity index (χ0n) is 57.1. The fourth-order valence-corrected chi connectivity index (χ4v) is 12.5. The number of hydrogen-bond donors (Lipinski definition) is 6. The Bertz CT molecular complexity index is 1450. The van der Waals surface area contributed by atoms with Crippen LogP contribution in [0.2, 0.25) is 0 Å². The number of rotatable bonds is 68. The molecule has 6 N–H and O–H groups in total. The highest BCUT2D eigenvalue weighted by Crippen LogP contribution is 2.24. The normalized spacial score (nSPS) is 18.2. The van der Waals surface area contributed by atoms with E-state index in [1.54, 1.807) is 6.08 Å². The maximum atomic E-state index is 13.1. The Hall–Kier alpha value is -1.59. The first-order chi connectivity index (χ1) is 42.3. The molecule has 0 aromatic rings. The average molecular weight is 1220 g/mol. The second kappa shape index (κ2) is 66.3. The molecule has 508 valence electrons. The second-order valence-electron chi connectivity index (χ2n) is 26.8. The molecule has 0 saturated carbocycles. The number of aliphatic hydroxyl groups is 5. The Balaban J connectivity index is 2.08. The average Bonchev–Trinajstić information content (AvgIpc) is 3.24. The van der Waals surface area contributed by atoms with Crippen LogP contribution in [0.15, 0.2) is 36.5 Å². The molecule has 1 heterocycles. The second-order valence-corrected chi connectivity index (χ2v) is 26.8. The van der Waals surface area contributed by atoms with Gasteiger partial charge in [-0.05, 0) is 44.9 Å². The lowest BCUT2D eigenvalue weighted by atomic mass is 9.99. The van der Waals surface area contributed by atoms with Crippen LogP contribution >= 0.6 is 0 Å². The van der Waals surface area contributed by atoms with Crippen LogP contribution in [-0.2, 0) is 14.3 Å². The fourth-order valence-electron chi connectivity index (χ4n) is 12.5. The van der Waals surface area contributed by atoms with Gasteiger partial charge >= 0.3 is 0 Å². The SMILES string of the molecule is CCCCCCCCCCCCCCCCC/C=C/CC/C=C/CC/C=C/C(O)C(COC1OC(CO)C(O)C(O)C1O)NC(=O)CCCCCCCCCCCCCCCCCCCCCCCCCCCCCCCCCCCCCCCC. The first-order valence-electron chi connectivity index (χ1n) is 38.2. The Labute approximate surface area is 533 Å². The standard InChI is InChI=1S/C77H147NO8/c1-3-5-7-9-11-13-15-17-19-21-23-25-27-29-30-31-32-33-34-35-36-37-38-39-40-41-43-45-47-49-51-53-55-57-59-61-63-65-67-73(81)78-70(69-85-77-76(84)75(83)74(82)72(68-79)86-77)71(80)66-64-62-60-58-56-54-52-50-48-46-44-42-28-26-24-22-20-18-16-14-12-10-8-6-4-2/h48,50,56,58,64,66,70-72,74-77,79-80,82-84H,3-47,49,51-55,57,59-63,65,67-69H2,1-2H3,(H,78,81)/b50-48+,58-56+,66-64+. The zero-order valence-corrected chi connectivity index (χ0v) is 57.1. The van der Waals surface area contributed by atoms with Gasteiger partial charge in [-0.3, -0.25) is 4.79 Å². The highest BCUT2D eigenvalue weighted by molar-refractivity contribution is 5.76. The largest absolute Gasteiger partial charge is 0.394 e. The van der Waals surface area contributed by atoms with E-state index in [0.717, 1.165) is 44.9 Å². The van der Waals surface area contributed by atoms with Crippen molar-refractivity contribution in [1.82, 2.24) is 5.32 Å². The van der Waals surface area contributed by atoms with Crippen molar-refractivity contribution in [1.29, 1.82) is 0 Å². The minimum atomic E-state index is -1.58. The number of allylic oxidation sites excluding steroid dienone is 5. The summed E-state index contributed by atoms with van der Waals surface area (Å²) in [5.74, 6) is -0.182. The molecule has 0 aliphatic carbocycles. The van der Waals surface area contributed by atoms with Gasteiger partial charge in [0.15, 0.2) is 6.29 Å². The monoisotopic (exact) mass is 1210 g/mol. The maximum absolute atomic E-state index is 13.1. The number of carbonyl (C=O) groups excluding carboxylic acids is 1. The van der Waals surface area contributed by atoms with Gasteiger partial charge in [-0.2, -0.15) is 0 Å². The Morgan fingerprint density at radius 2 is 0.663 bits per heavy atom. The number of aliphatic hydroxyl groups excluding tert-OH is 5. The minimum Gasteiger partial charge on any atom is -0.394 e. The quantitative estimate of drug-likeness (QED) is 0.0261. The Morgan fingerprint density at radius 1 is 0.384 bits per heavy atom. The summed E-state index contributed by atoms with van der Waals surface area (Å²) in [5.41, 5.74) is 0. The number of amides is 1. The summed E-state index contributed by atoms with van der Waals surface area (Å²) in [7, 11) is 0. The van der Waals surface area contributed by atoms with Crippen molar-refractivity contribution in [2.45, 2.75) is 436 Å². The minimum absolute atomic E-state index is 0.182. The molecule has 9 nitrogen and oxygen atoms in total. The van der Waals surface area contributed by atoms with E-state index in [2.05, 4.69) is 43.5 Å². The van der Waals surface area contributed by atoms with Crippen LogP contribution in [0, 0.1) is 0 Å². The molecule has 1 rings (SSSR count). The van der Waals surface area contributed by atoms with Gasteiger partial charge in [-0.25, -0.2) is 0 Å². The molecule has 1 saturated heterocycles. The molecule has 0 aromatic carbocycles. The van der Waals surface area contributed by atoms with Crippen molar-refractivity contribution < 1.29 is 39.8 Å². The van der Waals surface area contributed by atoms with Gasteiger partial charge in [0, 0.05) is 6.42 Å². The van der Waals surface area contributed by atoms with Crippen LogP contribution in [0.3, 0.4) is 0 Å². The molecular weight excluding hydrogens is 1070 g/mol. The number of nitrogens with one attached hydrogen (secondary N) is 1. The van der Waals surface area contributed by atoms with Crippen LogP contribution in [0.4, 0.5) is 0 Å². The highest BCUT2D eigenvalue weighted by atomic mass is 16.7. The van der Waals surface area contributed by atoms with Gasteiger partial charge in [0.1, 0.15) is 24.4 Å². The number of unbranched alkanes of at least 4 members (excludes halogenated alkanes) is 54. The molecule has 1 aliphatic heterocycles. The van der Waals surface area contributed by atoms with E-state index in [9.17, 15) is 30.3 Å². The fraction of sp³-hybridized carbons (Fsp3) is 0.909. The van der Waals surface area contributed by atoms with E-state index < -0.39 is 49.5 Å². The van der Waals surface area contributed by atoms with E-state index in [4.69, 9.17) is 9.47 Å². The van der Waals surface area contributed by atoms with Crippen molar-refractivity contribution >= 4 is 5.91 Å². The molecule has 7 atom stereocenters. The molecule has 86 heavy (non-hydrogen) atoms. The van der Waals surface area contributed by atoms with Gasteiger partial charge < -0.3 is 40.3 Å². The lowest BCUT2D eigenvalue weighted by molar-refractivity contribution is -0.302. The van der Waals surface area contributed by atoms with Crippen LogP contribution in [0.5, 0.6) is 0 Å². The lowest BCUT2D eigenvalue weighted by Crippen LogP contribution is -2.60.